The van der Waals surface area contributed by atoms with E-state index in [0.717, 1.165) is 23.2 Å². The topological polar surface area (TPSA) is 254 Å². The van der Waals surface area contributed by atoms with Gasteiger partial charge in [0.2, 0.25) is 0 Å². The molecule has 10 atom stereocenters. The van der Waals surface area contributed by atoms with Crippen LogP contribution in [-0.4, -0.2) is 95.0 Å². The van der Waals surface area contributed by atoms with Crippen LogP contribution in [0.15, 0.2) is 34.5 Å². The number of aromatic nitrogens is 6. The summed E-state index contributed by atoms with van der Waals surface area (Å²) in [5, 5.41) is 0. The highest BCUT2D eigenvalue weighted by atomic mass is 32.7. The Kier molecular flexibility index (Phi) is 8.10. The number of halogens is 1. The van der Waals surface area contributed by atoms with Crippen molar-refractivity contribution in [2.45, 2.75) is 49.1 Å². The SMILES string of the molecule is CO[C@@H]1[C@@H]2OP(=O)(O)SC[C@H]3O[C@@H](n4cnc5c(N)ncnc54)[C@H](F)[C@@H]3OP(=O)(O)OC[C@H]2O[C@H]1n1ccc(=O)[nH]c1=O. The van der Waals surface area contributed by atoms with Gasteiger partial charge in [0, 0.05) is 25.1 Å². The number of phosphoric ester groups is 1. The molecule has 3 aliphatic heterocycles. The summed E-state index contributed by atoms with van der Waals surface area (Å²) in [6, 6.07) is 1.04. The Balaban J connectivity index is 1.29. The summed E-state index contributed by atoms with van der Waals surface area (Å²) in [6.07, 6.45) is -8.65. The van der Waals surface area contributed by atoms with Gasteiger partial charge in [0.15, 0.2) is 30.1 Å². The van der Waals surface area contributed by atoms with Gasteiger partial charge in [-0.2, -0.15) is 0 Å². The predicted octanol–water partition coefficient (Wildman–Crippen LogP) is -0.159. The molecule has 6 heterocycles. The predicted molar refractivity (Wildman–Crippen MR) is 142 cm³/mol. The van der Waals surface area contributed by atoms with E-state index in [0.29, 0.717) is 11.4 Å². The number of rotatable bonds is 3. The van der Waals surface area contributed by atoms with Crippen LogP contribution in [0.4, 0.5) is 10.2 Å². The third kappa shape index (κ3) is 5.83. The number of fused-ring (bicyclic) bond motifs is 3. The fraction of sp³-hybridized carbons (Fsp3) is 0.550. The van der Waals surface area contributed by atoms with E-state index >= 15 is 4.39 Å². The molecule has 0 spiro atoms. The van der Waals surface area contributed by atoms with Crippen molar-refractivity contribution in [2.24, 2.45) is 0 Å². The maximum atomic E-state index is 15.9. The Morgan fingerprint density at radius 2 is 1.88 bits per heavy atom. The van der Waals surface area contributed by atoms with Gasteiger partial charge in [0.1, 0.15) is 36.3 Å². The van der Waals surface area contributed by atoms with Gasteiger partial charge in [0.05, 0.1) is 19.0 Å². The van der Waals surface area contributed by atoms with Gasteiger partial charge in [-0.05, 0) is 11.4 Å². The summed E-state index contributed by atoms with van der Waals surface area (Å²) in [7, 11) is -3.83. The van der Waals surface area contributed by atoms with Crippen LogP contribution in [0.25, 0.3) is 11.2 Å². The van der Waals surface area contributed by atoms with E-state index in [1.807, 2.05) is 4.98 Å². The summed E-state index contributed by atoms with van der Waals surface area (Å²) < 4.78 is 77.1. The maximum absolute atomic E-state index is 15.9. The molecular formula is C20H24FN7O12P2S. The molecule has 0 aromatic carbocycles. The monoisotopic (exact) mass is 667 g/mol. The fourth-order valence-corrected chi connectivity index (χ4v) is 8.68. The second-order valence-electron chi connectivity index (χ2n) is 9.54. The molecule has 2 unspecified atom stereocenters. The van der Waals surface area contributed by atoms with Crippen molar-refractivity contribution in [1.29, 1.82) is 0 Å². The lowest BCUT2D eigenvalue weighted by Crippen LogP contribution is -2.40. The Morgan fingerprint density at radius 1 is 1.12 bits per heavy atom. The molecule has 3 aliphatic rings. The summed E-state index contributed by atoms with van der Waals surface area (Å²) in [5.41, 5.74) is 4.50. The molecule has 43 heavy (non-hydrogen) atoms. The maximum Gasteiger partial charge on any atom is 0.472 e. The van der Waals surface area contributed by atoms with Crippen LogP contribution in [-0.2, 0) is 36.9 Å². The molecule has 234 valence electrons. The van der Waals surface area contributed by atoms with E-state index in [9.17, 15) is 28.5 Å². The van der Waals surface area contributed by atoms with Crippen LogP contribution >= 0.6 is 26.0 Å². The zero-order chi connectivity index (χ0) is 30.7. The van der Waals surface area contributed by atoms with Crippen LogP contribution in [0.5, 0.6) is 0 Å². The number of hydrogen-bond acceptors (Lipinski definition) is 15. The van der Waals surface area contributed by atoms with Gasteiger partial charge in [0.25, 0.3) is 5.56 Å². The van der Waals surface area contributed by atoms with Crippen molar-refractivity contribution < 1.29 is 51.1 Å². The van der Waals surface area contributed by atoms with Gasteiger partial charge in [-0.1, -0.05) is 0 Å². The van der Waals surface area contributed by atoms with Gasteiger partial charge in [-0.25, -0.2) is 33.3 Å². The minimum atomic E-state index is -5.05. The van der Waals surface area contributed by atoms with Crippen molar-refractivity contribution in [1.82, 2.24) is 29.1 Å². The van der Waals surface area contributed by atoms with Gasteiger partial charge in [-0.3, -0.25) is 32.5 Å². The lowest BCUT2D eigenvalue weighted by molar-refractivity contribution is -0.0641. The second kappa shape index (κ2) is 11.4. The van der Waals surface area contributed by atoms with Crippen molar-refractivity contribution in [3.63, 3.8) is 0 Å². The number of aromatic amines is 1. The Hall–Kier alpha value is -2.55. The van der Waals surface area contributed by atoms with Crippen LogP contribution in [0.2, 0.25) is 0 Å². The quantitative estimate of drug-likeness (QED) is 0.265. The summed E-state index contributed by atoms with van der Waals surface area (Å²) in [6.45, 7) is -5.39. The summed E-state index contributed by atoms with van der Waals surface area (Å²) >= 11 is 0.348. The number of phosphoric acid groups is 1. The number of alkyl halides is 1. The lowest BCUT2D eigenvalue weighted by atomic mass is 10.1. The second-order valence-corrected chi connectivity index (χ2v) is 14.8. The van der Waals surface area contributed by atoms with E-state index in [4.69, 9.17) is 33.5 Å². The van der Waals surface area contributed by atoms with Crippen molar-refractivity contribution >= 4 is 43.0 Å². The molecule has 0 aliphatic carbocycles. The van der Waals surface area contributed by atoms with Crippen LogP contribution in [0, 0.1) is 0 Å². The molecule has 3 aromatic heterocycles. The summed E-state index contributed by atoms with van der Waals surface area (Å²) in [5.74, 6) is -0.422. The molecule has 0 amide bonds. The molecule has 0 bridgehead atoms. The number of H-pyrrole nitrogens is 1. The highest BCUT2D eigenvalue weighted by Gasteiger charge is 2.54. The third-order valence-electron chi connectivity index (χ3n) is 6.92. The number of anilines is 1. The normalized spacial score (nSPS) is 38.7. The van der Waals surface area contributed by atoms with Crippen LogP contribution in [0.1, 0.15) is 12.5 Å². The zero-order valence-electron chi connectivity index (χ0n) is 21.8. The Labute approximate surface area is 243 Å². The van der Waals surface area contributed by atoms with Crippen LogP contribution in [0.3, 0.4) is 0 Å². The number of methoxy groups -OCH3 is 1. The van der Waals surface area contributed by atoms with Crippen molar-refractivity contribution in [2.75, 3.05) is 25.2 Å². The van der Waals surface area contributed by atoms with Crippen molar-refractivity contribution in [3.8, 4) is 0 Å². The van der Waals surface area contributed by atoms with Gasteiger partial charge in [-0.15, -0.1) is 0 Å². The molecule has 0 radical (unpaired) electrons. The smallest absolute Gasteiger partial charge is 0.382 e. The Bertz CT molecular complexity index is 1740. The number of ether oxygens (including phenoxy) is 3. The minimum absolute atomic E-state index is 0.0249. The first kappa shape index (κ1) is 30.5. The summed E-state index contributed by atoms with van der Waals surface area (Å²) in [4.78, 5) is 59.2. The molecule has 3 saturated heterocycles. The molecule has 6 rings (SSSR count). The average Bonchev–Trinajstić information content (AvgIpc) is 3.60. The molecular weight excluding hydrogens is 643 g/mol. The zero-order valence-corrected chi connectivity index (χ0v) is 24.4. The van der Waals surface area contributed by atoms with E-state index in [1.54, 1.807) is 0 Å². The minimum Gasteiger partial charge on any atom is -0.382 e. The standard InChI is InChI=1S/C20H24FN7O12P2S/c1-35-15-14-8(37-19(15)27-3-2-10(29)26-20(27)30)4-36-41(31,32)39-13-9(5-43-42(33,34)40-14)38-18(11(13)21)28-7-25-12-16(22)23-6-24-17(12)28/h2-3,6-9,11,13-15,18-19H,4-5H2,1H3,(H,31,32)(H,33,34)(H2,22,23,24)(H,26,29,30)/t8-,9-,11-,13-,14-,15-,18-,19-/m1/s1. The average molecular weight is 667 g/mol. The highest BCUT2D eigenvalue weighted by molar-refractivity contribution is 8.54. The molecule has 5 N–H and O–H groups in total. The first-order valence-electron chi connectivity index (χ1n) is 12.4. The van der Waals surface area contributed by atoms with Crippen LogP contribution < -0.4 is 17.0 Å². The molecule has 3 aromatic rings. The first-order valence-corrected chi connectivity index (χ1v) is 17.1. The highest BCUT2D eigenvalue weighted by Crippen LogP contribution is 2.60. The lowest BCUT2D eigenvalue weighted by Gasteiger charge is -2.28. The van der Waals surface area contributed by atoms with E-state index < -0.39 is 87.4 Å². The molecule has 0 saturated carbocycles. The number of nitrogens with two attached hydrogens (primary N) is 1. The number of imidazole rings is 1. The Morgan fingerprint density at radius 3 is 2.63 bits per heavy atom. The van der Waals surface area contributed by atoms with E-state index in [1.165, 1.54) is 18.0 Å². The first-order chi connectivity index (χ1) is 20.4. The number of hydrogen-bond donors (Lipinski definition) is 4. The molecule has 19 nitrogen and oxygen atoms in total. The third-order valence-corrected chi connectivity index (χ3v) is 10.9. The molecule has 23 heteroatoms. The largest absolute Gasteiger partial charge is 0.472 e. The number of nitrogen functional groups attached to an aromatic ring is 1. The number of nitrogens with one attached hydrogen (secondary N) is 1. The molecule has 3 fully saturated rings. The van der Waals surface area contributed by atoms with Crippen molar-refractivity contribution in [3.05, 3.63) is 45.8 Å². The van der Waals surface area contributed by atoms with E-state index in [-0.39, 0.29) is 17.0 Å². The van der Waals surface area contributed by atoms with Gasteiger partial charge < -0.3 is 29.7 Å². The van der Waals surface area contributed by atoms with Gasteiger partial charge >= 0.3 is 20.3 Å². The fourth-order valence-electron chi connectivity index (χ4n) is 5.01. The van der Waals surface area contributed by atoms with E-state index in [2.05, 4.69) is 15.0 Å². The number of nitrogens with zero attached hydrogens (tertiary/aromatic N) is 5.